The molecule has 1 fully saturated rings. The Morgan fingerprint density at radius 3 is 2.69 bits per heavy atom. The van der Waals surface area contributed by atoms with Gasteiger partial charge in [-0.1, -0.05) is 0 Å². The van der Waals surface area contributed by atoms with Crippen LogP contribution in [0.15, 0.2) is 6.07 Å². The second kappa shape index (κ2) is 7.02. The highest BCUT2D eigenvalue weighted by Gasteiger charge is 2.55. The van der Waals surface area contributed by atoms with Crippen LogP contribution < -0.4 is 14.8 Å². The topological polar surface area (TPSA) is 175 Å². The predicted octanol–water partition coefficient (Wildman–Crippen LogP) is -1.90. The SMILES string of the molecule is C[C@H](O)CC(=O)O[C@H]1[C@H](O)[C@@H](O)[C@@H](O)[C@@H]2NC(=O)c3c(cc4c(c3O)OCO4)[C@H]21. The van der Waals surface area contributed by atoms with Gasteiger partial charge in [0.25, 0.3) is 5.91 Å². The van der Waals surface area contributed by atoms with E-state index in [-0.39, 0.29) is 35.8 Å². The number of aliphatic hydroxyl groups excluding tert-OH is 4. The second-order valence-corrected chi connectivity index (χ2v) is 7.43. The van der Waals surface area contributed by atoms with Crippen molar-refractivity contribution < 1.29 is 49.3 Å². The van der Waals surface area contributed by atoms with Gasteiger partial charge in [-0.3, -0.25) is 9.59 Å². The number of phenolic OH excluding ortho intramolecular Hbond substituents is 1. The van der Waals surface area contributed by atoms with Gasteiger partial charge < -0.3 is 45.1 Å². The molecule has 1 saturated carbocycles. The first-order chi connectivity index (χ1) is 13.7. The van der Waals surface area contributed by atoms with Crippen molar-refractivity contribution in [1.82, 2.24) is 5.32 Å². The van der Waals surface area contributed by atoms with E-state index in [0.29, 0.717) is 0 Å². The van der Waals surface area contributed by atoms with E-state index in [1.54, 1.807) is 0 Å². The maximum Gasteiger partial charge on any atom is 0.308 e. The molecule has 0 aromatic heterocycles. The third-order valence-electron chi connectivity index (χ3n) is 5.43. The summed E-state index contributed by atoms with van der Waals surface area (Å²) in [4.78, 5) is 24.7. The number of esters is 1. The fourth-order valence-corrected chi connectivity index (χ4v) is 4.14. The summed E-state index contributed by atoms with van der Waals surface area (Å²) < 4.78 is 15.8. The summed E-state index contributed by atoms with van der Waals surface area (Å²) in [6.07, 6.45) is -7.67. The minimum absolute atomic E-state index is 0.0167. The van der Waals surface area contributed by atoms with Gasteiger partial charge in [-0.15, -0.1) is 0 Å². The van der Waals surface area contributed by atoms with E-state index in [0.717, 1.165) is 0 Å². The van der Waals surface area contributed by atoms with Crippen molar-refractivity contribution in [2.75, 3.05) is 6.79 Å². The van der Waals surface area contributed by atoms with Gasteiger partial charge in [0, 0.05) is 5.92 Å². The van der Waals surface area contributed by atoms with E-state index < -0.39 is 60.1 Å². The minimum Gasteiger partial charge on any atom is -0.504 e. The van der Waals surface area contributed by atoms with Crippen LogP contribution in [-0.2, 0) is 9.53 Å². The number of nitrogens with one attached hydrogen (secondary N) is 1. The van der Waals surface area contributed by atoms with Gasteiger partial charge in [0.2, 0.25) is 12.5 Å². The zero-order valence-electron chi connectivity index (χ0n) is 15.3. The molecule has 0 spiro atoms. The molecule has 2 aliphatic heterocycles. The van der Waals surface area contributed by atoms with Gasteiger partial charge in [-0.05, 0) is 18.6 Å². The van der Waals surface area contributed by atoms with E-state index in [4.69, 9.17) is 14.2 Å². The Hall–Kier alpha value is -2.60. The lowest BCUT2D eigenvalue weighted by atomic mass is 9.70. The number of aromatic hydroxyl groups is 1. The van der Waals surface area contributed by atoms with Crippen LogP contribution >= 0.6 is 0 Å². The van der Waals surface area contributed by atoms with Gasteiger partial charge in [0.05, 0.1) is 24.1 Å². The van der Waals surface area contributed by atoms with Crippen molar-refractivity contribution >= 4 is 11.9 Å². The fourth-order valence-electron chi connectivity index (χ4n) is 4.14. The molecule has 2 heterocycles. The summed E-state index contributed by atoms with van der Waals surface area (Å²) in [6.45, 7) is 1.22. The molecule has 11 nitrogen and oxygen atoms in total. The quantitative estimate of drug-likeness (QED) is 0.308. The Morgan fingerprint density at radius 1 is 1.28 bits per heavy atom. The van der Waals surface area contributed by atoms with Crippen molar-refractivity contribution in [3.8, 4) is 17.2 Å². The lowest BCUT2D eigenvalue weighted by Gasteiger charge is -2.48. The van der Waals surface area contributed by atoms with Crippen LogP contribution in [0.1, 0.15) is 35.2 Å². The summed E-state index contributed by atoms with van der Waals surface area (Å²) in [6, 6.07) is 0.304. The fraction of sp³-hybridized carbons (Fsp3) is 0.556. The molecule has 3 aliphatic rings. The van der Waals surface area contributed by atoms with Crippen molar-refractivity contribution in [3.05, 3.63) is 17.2 Å². The van der Waals surface area contributed by atoms with Crippen LogP contribution in [0, 0.1) is 0 Å². The number of hydrogen-bond acceptors (Lipinski definition) is 10. The summed E-state index contributed by atoms with van der Waals surface area (Å²) >= 11 is 0. The Kier molecular flexibility index (Phi) is 4.77. The molecule has 0 bridgehead atoms. The van der Waals surface area contributed by atoms with E-state index in [1.165, 1.54) is 13.0 Å². The number of carbonyl (C=O) groups is 2. The standard InChI is InChI=1S/C18H21NO10/c1-5(20)2-8(21)29-17-9-6-3-7-16(28-4-27-7)12(22)10(6)18(26)19-11(9)13(23)14(24)15(17)25/h3,5,9,11,13-15,17,20,22-25H,2,4H2,1H3,(H,19,26)/t5-,9+,11+,13-,14-,15+,17+/m0/s1. The smallest absolute Gasteiger partial charge is 0.308 e. The molecule has 11 heteroatoms. The van der Waals surface area contributed by atoms with E-state index in [2.05, 4.69) is 5.32 Å². The van der Waals surface area contributed by atoms with Gasteiger partial charge in [0.1, 0.15) is 24.4 Å². The van der Waals surface area contributed by atoms with Crippen LogP contribution in [0.5, 0.6) is 17.2 Å². The first kappa shape index (κ1) is 19.7. The molecule has 1 aromatic carbocycles. The Labute approximate surface area is 164 Å². The molecular formula is C18H21NO10. The molecule has 1 aromatic rings. The predicted molar refractivity (Wildman–Crippen MR) is 92.4 cm³/mol. The van der Waals surface area contributed by atoms with Crippen LogP contribution in [0.25, 0.3) is 0 Å². The maximum atomic E-state index is 12.6. The van der Waals surface area contributed by atoms with Crippen LogP contribution in [-0.4, -0.2) is 80.8 Å². The number of amides is 1. The molecule has 0 saturated heterocycles. The largest absolute Gasteiger partial charge is 0.504 e. The molecule has 1 aliphatic carbocycles. The number of ether oxygens (including phenoxy) is 3. The normalized spacial score (nSPS) is 33.3. The molecule has 158 valence electrons. The number of hydrogen-bond donors (Lipinski definition) is 6. The van der Waals surface area contributed by atoms with E-state index in [1.807, 2.05) is 0 Å². The minimum atomic E-state index is -1.70. The number of rotatable bonds is 3. The van der Waals surface area contributed by atoms with Crippen LogP contribution in [0.2, 0.25) is 0 Å². The average molecular weight is 411 g/mol. The second-order valence-electron chi connectivity index (χ2n) is 7.43. The molecule has 0 unspecified atom stereocenters. The lowest BCUT2D eigenvalue weighted by molar-refractivity contribution is -0.187. The summed E-state index contributed by atoms with van der Waals surface area (Å²) in [5.41, 5.74) is 0.00297. The molecule has 0 radical (unpaired) electrons. The van der Waals surface area contributed by atoms with Crippen molar-refractivity contribution in [2.45, 2.75) is 55.8 Å². The molecule has 6 N–H and O–H groups in total. The highest BCUT2D eigenvalue weighted by atomic mass is 16.7. The maximum absolute atomic E-state index is 12.6. The Bertz CT molecular complexity index is 856. The first-order valence-corrected chi connectivity index (χ1v) is 9.08. The van der Waals surface area contributed by atoms with Gasteiger partial charge in [-0.2, -0.15) is 0 Å². The molecule has 1 amide bonds. The van der Waals surface area contributed by atoms with Crippen molar-refractivity contribution in [1.29, 1.82) is 0 Å². The third-order valence-corrected chi connectivity index (χ3v) is 5.43. The van der Waals surface area contributed by atoms with Gasteiger partial charge in [0.15, 0.2) is 11.5 Å². The third kappa shape index (κ3) is 3.06. The van der Waals surface area contributed by atoms with Gasteiger partial charge >= 0.3 is 5.97 Å². The zero-order valence-corrected chi connectivity index (χ0v) is 15.3. The number of benzene rings is 1. The summed E-state index contributed by atoms with van der Waals surface area (Å²) in [5.74, 6) is -2.91. The highest BCUT2D eigenvalue weighted by molar-refractivity contribution is 6.01. The first-order valence-electron chi connectivity index (χ1n) is 9.08. The van der Waals surface area contributed by atoms with E-state index in [9.17, 15) is 35.1 Å². The van der Waals surface area contributed by atoms with Crippen LogP contribution in [0.3, 0.4) is 0 Å². The molecule has 29 heavy (non-hydrogen) atoms. The Morgan fingerprint density at radius 2 is 2.00 bits per heavy atom. The van der Waals surface area contributed by atoms with E-state index >= 15 is 0 Å². The average Bonchev–Trinajstić information content (AvgIpc) is 3.12. The number of fused-ring (bicyclic) bond motifs is 4. The van der Waals surface area contributed by atoms with Crippen molar-refractivity contribution in [2.24, 2.45) is 0 Å². The van der Waals surface area contributed by atoms with Crippen molar-refractivity contribution in [3.63, 3.8) is 0 Å². The van der Waals surface area contributed by atoms with Crippen LogP contribution in [0.4, 0.5) is 0 Å². The van der Waals surface area contributed by atoms with Gasteiger partial charge in [-0.25, -0.2) is 0 Å². The molecule has 7 atom stereocenters. The number of phenols is 1. The summed E-state index contributed by atoms with van der Waals surface area (Å²) in [7, 11) is 0. The number of aliphatic hydroxyl groups is 4. The Balaban J connectivity index is 1.81. The number of carbonyl (C=O) groups excluding carboxylic acids is 2. The highest BCUT2D eigenvalue weighted by Crippen LogP contribution is 2.50. The lowest BCUT2D eigenvalue weighted by Crippen LogP contribution is -2.67. The zero-order chi connectivity index (χ0) is 21.0. The molecular weight excluding hydrogens is 390 g/mol. The summed E-state index contributed by atoms with van der Waals surface area (Å²) in [5, 5.41) is 53.5. The molecule has 4 rings (SSSR count). The monoisotopic (exact) mass is 411 g/mol.